The molecule has 1 aliphatic carbocycles. The van der Waals surface area contributed by atoms with E-state index in [1.807, 2.05) is 24.3 Å². The SMILES string of the molecule is C[C@@H]1CCCC[C@@H]1NC(=O)c1ccc(Cn2cncn2)cc1. The van der Waals surface area contributed by atoms with Crippen LogP contribution >= 0.6 is 0 Å². The molecule has 1 aliphatic rings. The van der Waals surface area contributed by atoms with Crippen molar-refractivity contribution in [3.05, 3.63) is 48.0 Å². The third-order valence-electron chi connectivity index (χ3n) is 4.46. The number of hydrogen-bond acceptors (Lipinski definition) is 3. The number of carbonyl (C=O) groups is 1. The van der Waals surface area contributed by atoms with Crippen molar-refractivity contribution in [1.82, 2.24) is 20.1 Å². The third kappa shape index (κ3) is 3.53. The fourth-order valence-electron chi connectivity index (χ4n) is 3.05. The highest BCUT2D eigenvalue weighted by molar-refractivity contribution is 5.94. The molecule has 1 amide bonds. The monoisotopic (exact) mass is 298 g/mol. The van der Waals surface area contributed by atoms with Crippen molar-refractivity contribution in [1.29, 1.82) is 0 Å². The van der Waals surface area contributed by atoms with Gasteiger partial charge in [0.2, 0.25) is 0 Å². The quantitative estimate of drug-likeness (QED) is 0.944. The summed E-state index contributed by atoms with van der Waals surface area (Å²) in [5.74, 6) is 0.607. The van der Waals surface area contributed by atoms with Crippen LogP contribution in [-0.2, 0) is 6.54 Å². The van der Waals surface area contributed by atoms with E-state index in [0.29, 0.717) is 18.5 Å². The zero-order chi connectivity index (χ0) is 15.4. The summed E-state index contributed by atoms with van der Waals surface area (Å²) in [6.07, 6.45) is 8.01. The molecule has 5 nitrogen and oxygen atoms in total. The van der Waals surface area contributed by atoms with Crippen molar-refractivity contribution in [2.45, 2.75) is 45.2 Å². The molecule has 1 aromatic heterocycles. The van der Waals surface area contributed by atoms with Gasteiger partial charge in [-0.1, -0.05) is 31.9 Å². The highest BCUT2D eigenvalue weighted by Gasteiger charge is 2.23. The van der Waals surface area contributed by atoms with Crippen LogP contribution in [0, 0.1) is 5.92 Å². The van der Waals surface area contributed by atoms with Crippen LogP contribution in [0.1, 0.15) is 48.5 Å². The third-order valence-corrected chi connectivity index (χ3v) is 4.46. The van der Waals surface area contributed by atoms with E-state index in [-0.39, 0.29) is 5.91 Å². The Kier molecular flexibility index (Phi) is 4.51. The summed E-state index contributed by atoms with van der Waals surface area (Å²) in [5, 5.41) is 7.26. The molecule has 22 heavy (non-hydrogen) atoms. The van der Waals surface area contributed by atoms with Crippen LogP contribution in [0.4, 0.5) is 0 Å². The molecule has 116 valence electrons. The first-order valence-electron chi connectivity index (χ1n) is 7.94. The van der Waals surface area contributed by atoms with Gasteiger partial charge in [-0.2, -0.15) is 5.10 Å². The van der Waals surface area contributed by atoms with Gasteiger partial charge >= 0.3 is 0 Å². The molecule has 2 aromatic rings. The topological polar surface area (TPSA) is 59.8 Å². The Hall–Kier alpha value is -2.17. The molecular weight excluding hydrogens is 276 g/mol. The first-order valence-corrected chi connectivity index (χ1v) is 7.94. The van der Waals surface area contributed by atoms with E-state index >= 15 is 0 Å². The maximum atomic E-state index is 12.3. The largest absolute Gasteiger partial charge is 0.349 e. The lowest BCUT2D eigenvalue weighted by atomic mass is 9.86. The van der Waals surface area contributed by atoms with Crippen molar-refractivity contribution in [3.63, 3.8) is 0 Å². The highest BCUT2D eigenvalue weighted by atomic mass is 16.1. The summed E-state index contributed by atoms with van der Waals surface area (Å²) in [6.45, 7) is 2.90. The van der Waals surface area contributed by atoms with Gasteiger partial charge in [0.15, 0.2) is 0 Å². The van der Waals surface area contributed by atoms with Crippen LogP contribution in [0.2, 0.25) is 0 Å². The van der Waals surface area contributed by atoms with Crippen LogP contribution in [0.25, 0.3) is 0 Å². The second kappa shape index (κ2) is 6.73. The average Bonchev–Trinajstić information content (AvgIpc) is 3.03. The Bertz CT molecular complexity index is 606. The zero-order valence-electron chi connectivity index (χ0n) is 12.9. The summed E-state index contributed by atoms with van der Waals surface area (Å²) in [7, 11) is 0. The number of rotatable bonds is 4. The number of aromatic nitrogens is 3. The zero-order valence-corrected chi connectivity index (χ0v) is 12.9. The number of nitrogens with zero attached hydrogens (tertiary/aromatic N) is 3. The smallest absolute Gasteiger partial charge is 0.251 e. The van der Waals surface area contributed by atoms with Gasteiger partial charge in [0.1, 0.15) is 12.7 Å². The Morgan fingerprint density at radius 2 is 2.05 bits per heavy atom. The molecule has 5 heteroatoms. The van der Waals surface area contributed by atoms with Crippen molar-refractivity contribution in [2.24, 2.45) is 5.92 Å². The van der Waals surface area contributed by atoms with Gasteiger partial charge in [0.05, 0.1) is 6.54 Å². The molecule has 1 N–H and O–H groups in total. The van der Waals surface area contributed by atoms with E-state index < -0.39 is 0 Å². The summed E-state index contributed by atoms with van der Waals surface area (Å²) < 4.78 is 1.76. The number of benzene rings is 1. The van der Waals surface area contributed by atoms with Crippen molar-refractivity contribution >= 4 is 5.91 Å². The molecule has 0 saturated heterocycles. The lowest BCUT2D eigenvalue weighted by Gasteiger charge is -2.29. The molecule has 1 aromatic carbocycles. The standard InChI is InChI=1S/C17H22N4O/c1-13-4-2-3-5-16(13)20-17(22)15-8-6-14(7-9-15)10-21-12-18-11-19-21/h6-9,11-13,16H,2-5,10H2,1H3,(H,20,22)/t13-,16+/m1/s1. The molecule has 1 heterocycles. The lowest BCUT2D eigenvalue weighted by Crippen LogP contribution is -2.41. The Labute approximate surface area is 130 Å². The van der Waals surface area contributed by atoms with E-state index in [9.17, 15) is 4.79 Å². The second-order valence-electron chi connectivity index (χ2n) is 6.13. The second-order valence-corrected chi connectivity index (χ2v) is 6.13. The van der Waals surface area contributed by atoms with Crippen LogP contribution < -0.4 is 5.32 Å². The van der Waals surface area contributed by atoms with Gasteiger partial charge in [0.25, 0.3) is 5.91 Å². The first-order chi connectivity index (χ1) is 10.7. The highest BCUT2D eigenvalue weighted by Crippen LogP contribution is 2.24. The Balaban J connectivity index is 1.60. The molecule has 0 unspecified atom stereocenters. The minimum Gasteiger partial charge on any atom is -0.349 e. The molecule has 1 saturated carbocycles. The molecule has 3 rings (SSSR count). The average molecular weight is 298 g/mol. The van der Waals surface area contributed by atoms with E-state index in [0.717, 1.165) is 17.5 Å². The number of hydrogen-bond donors (Lipinski definition) is 1. The minimum absolute atomic E-state index is 0.0334. The summed E-state index contributed by atoms with van der Waals surface area (Å²) in [5.41, 5.74) is 1.83. The molecule has 1 fully saturated rings. The predicted octanol–water partition coefficient (Wildman–Crippen LogP) is 2.63. The van der Waals surface area contributed by atoms with E-state index in [1.54, 1.807) is 11.0 Å². The van der Waals surface area contributed by atoms with E-state index in [1.165, 1.54) is 25.6 Å². The van der Waals surface area contributed by atoms with Gasteiger partial charge in [-0.25, -0.2) is 9.67 Å². The maximum Gasteiger partial charge on any atom is 0.251 e. The van der Waals surface area contributed by atoms with Crippen molar-refractivity contribution < 1.29 is 4.79 Å². The van der Waals surface area contributed by atoms with Crippen LogP contribution in [0.3, 0.4) is 0 Å². The normalized spacial score (nSPS) is 21.5. The van der Waals surface area contributed by atoms with E-state index in [4.69, 9.17) is 0 Å². The first kappa shape index (κ1) is 14.8. The van der Waals surface area contributed by atoms with Crippen molar-refractivity contribution in [2.75, 3.05) is 0 Å². The molecule has 0 aliphatic heterocycles. The molecule has 0 spiro atoms. The van der Waals surface area contributed by atoms with Crippen LogP contribution in [-0.4, -0.2) is 26.7 Å². The minimum atomic E-state index is 0.0334. The van der Waals surface area contributed by atoms with Gasteiger partial charge in [-0.05, 0) is 36.5 Å². The summed E-state index contributed by atoms with van der Waals surface area (Å²) >= 11 is 0. The lowest BCUT2D eigenvalue weighted by molar-refractivity contribution is 0.0910. The maximum absolute atomic E-state index is 12.3. The fraction of sp³-hybridized carbons (Fsp3) is 0.471. The van der Waals surface area contributed by atoms with Gasteiger partial charge in [0, 0.05) is 11.6 Å². The summed E-state index contributed by atoms with van der Waals surface area (Å²) in [4.78, 5) is 16.3. The van der Waals surface area contributed by atoms with Gasteiger partial charge in [-0.15, -0.1) is 0 Å². The molecular formula is C17H22N4O. The van der Waals surface area contributed by atoms with Gasteiger partial charge < -0.3 is 5.32 Å². The Morgan fingerprint density at radius 3 is 2.73 bits per heavy atom. The number of nitrogens with one attached hydrogen (secondary N) is 1. The Morgan fingerprint density at radius 1 is 1.27 bits per heavy atom. The predicted molar refractivity (Wildman–Crippen MR) is 84.5 cm³/mol. The van der Waals surface area contributed by atoms with Crippen molar-refractivity contribution in [3.8, 4) is 0 Å². The van der Waals surface area contributed by atoms with Crippen LogP contribution in [0.15, 0.2) is 36.9 Å². The van der Waals surface area contributed by atoms with Crippen LogP contribution in [0.5, 0.6) is 0 Å². The molecule has 0 radical (unpaired) electrons. The molecule has 0 bridgehead atoms. The number of carbonyl (C=O) groups excluding carboxylic acids is 1. The fourth-order valence-corrected chi connectivity index (χ4v) is 3.05. The number of amides is 1. The molecule has 2 atom stereocenters. The van der Waals surface area contributed by atoms with E-state index in [2.05, 4.69) is 22.3 Å². The summed E-state index contributed by atoms with van der Waals surface area (Å²) in [6, 6.07) is 8.03. The van der Waals surface area contributed by atoms with Gasteiger partial charge in [-0.3, -0.25) is 4.79 Å².